The number of carbonyl (C=O) groups is 3. The lowest BCUT2D eigenvalue weighted by atomic mass is 10.0. The number of carbonyl (C=O) groups excluding carboxylic acids is 3. The molecular formula is C21H29BrN4O4. The topological polar surface area (TPSA) is 91.0 Å². The Morgan fingerprint density at radius 2 is 1.93 bits per heavy atom. The zero-order valence-corrected chi connectivity index (χ0v) is 19.3. The van der Waals surface area contributed by atoms with Gasteiger partial charge in [0.25, 0.3) is 0 Å². The van der Waals surface area contributed by atoms with Crippen molar-refractivity contribution in [2.45, 2.75) is 51.8 Å². The predicted molar refractivity (Wildman–Crippen MR) is 117 cm³/mol. The summed E-state index contributed by atoms with van der Waals surface area (Å²) in [5.74, 6) is -0.492. The molecule has 0 spiro atoms. The summed E-state index contributed by atoms with van der Waals surface area (Å²) >= 11 is 3.63. The number of hydrogen-bond acceptors (Lipinski definition) is 6. The molecule has 0 bridgehead atoms. The Balaban J connectivity index is 1.63. The molecule has 3 amide bonds. The van der Waals surface area contributed by atoms with Crippen LogP contribution in [0.2, 0.25) is 0 Å². The molecule has 0 saturated carbocycles. The second-order valence-electron chi connectivity index (χ2n) is 8.58. The largest absolute Gasteiger partial charge is 0.444 e. The first-order valence-electron chi connectivity index (χ1n) is 10.2. The van der Waals surface area contributed by atoms with Crippen LogP contribution in [0, 0.1) is 0 Å². The molecule has 1 atom stereocenters. The zero-order valence-electron chi connectivity index (χ0n) is 17.7. The molecule has 8 nitrogen and oxygen atoms in total. The molecule has 2 N–H and O–H groups in total. The zero-order chi connectivity index (χ0) is 21.9. The molecule has 9 heteroatoms. The van der Waals surface area contributed by atoms with Gasteiger partial charge in [0.05, 0.1) is 6.04 Å². The number of rotatable bonds is 4. The van der Waals surface area contributed by atoms with Crippen molar-refractivity contribution < 1.29 is 19.1 Å². The Kier molecular flexibility index (Phi) is 7.02. The van der Waals surface area contributed by atoms with Crippen LogP contribution in [0.5, 0.6) is 0 Å². The van der Waals surface area contributed by atoms with Crippen LogP contribution in [0.3, 0.4) is 0 Å². The lowest BCUT2D eigenvalue weighted by Crippen LogP contribution is -2.51. The highest BCUT2D eigenvalue weighted by atomic mass is 79.9. The molecule has 2 aliphatic heterocycles. The van der Waals surface area contributed by atoms with Gasteiger partial charge in [-0.25, -0.2) is 4.79 Å². The number of hydrogen-bond donors (Lipinski definition) is 2. The maximum Gasteiger partial charge on any atom is 0.410 e. The fourth-order valence-electron chi connectivity index (χ4n) is 3.59. The van der Waals surface area contributed by atoms with Crippen molar-refractivity contribution in [2.75, 3.05) is 31.1 Å². The van der Waals surface area contributed by atoms with Crippen LogP contribution in [0.4, 0.5) is 10.5 Å². The van der Waals surface area contributed by atoms with Gasteiger partial charge in [0, 0.05) is 54.9 Å². The van der Waals surface area contributed by atoms with Crippen LogP contribution >= 0.6 is 15.9 Å². The van der Waals surface area contributed by atoms with E-state index >= 15 is 0 Å². The summed E-state index contributed by atoms with van der Waals surface area (Å²) in [6.45, 7) is 8.65. The Labute approximate surface area is 185 Å². The number of imide groups is 1. The average molecular weight is 481 g/mol. The molecule has 2 fully saturated rings. The van der Waals surface area contributed by atoms with Gasteiger partial charge in [0.2, 0.25) is 11.8 Å². The third-order valence-electron chi connectivity index (χ3n) is 5.13. The molecule has 30 heavy (non-hydrogen) atoms. The summed E-state index contributed by atoms with van der Waals surface area (Å²) in [6, 6.07) is 5.62. The predicted octanol–water partition coefficient (Wildman–Crippen LogP) is 2.40. The Hall–Kier alpha value is -2.13. The van der Waals surface area contributed by atoms with E-state index < -0.39 is 5.60 Å². The number of ether oxygens (including phenoxy) is 1. The first-order valence-corrected chi connectivity index (χ1v) is 11.0. The second kappa shape index (κ2) is 9.34. The first kappa shape index (κ1) is 22.6. The number of nitrogens with zero attached hydrogens (tertiary/aromatic N) is 2. The average Bonchev–Trinajstić information content (AvgIpc) is 2.67. The minimum absolute atomic E-state index is 0.220. The van der Waals surface area contributed by atoms with E-state index in [0.29, 0.717) is 45.6 Å². The number of piperidine rings is 1. The smallest absolute Gasteiger partial charge is 0.410 e. The van der Waals surface area contributed by atoms with Crippen LogP contribution in [-0.4, -0.2) is 60.6 Å². The van der Waals surface area contributed by atoms with Crippen molar-refractivity contribution in [3.63, 3.8) is 0 Å². The maximum absolute atomic E-state index is 12.3. The van der Waals surface area contributed by atoms with Gasteiger partial charge in [-0.15, -0.1) is 0 Å². The Morgan fingerprint density at radius 3 is 2.57 bits per heavy atom. The highest BCUT2D eigenvalue weighted by Crippen LogP contribution is 2.29. The van der Waals surface area contributed by atoms with Gasteiger partial charge < -0.3 is 19.9 Å². The highest BCUT2D eigenvalue weighted by Gasteiger charge is 2.28. The van der Waals surface area contributed by atoms with Crippen LogP contribution in [0.1, 0.15) is 39.2 Å². The van der Waals surface area contributed by atoms with Crippen LogP contribution in [-0.2, 0) is 20.9 Å². The number of benzene rings is 1. The van der Waals surface area contributed by atoms with Crippen molar-refractivity contribution in [3.8, 4) is 0 Å². The molecular weight excluding hydrogens is 452 g/mol. The van der Waals surface area contributed by atoms with E-state index in [0.717, 1.165) is 15.7 Å². The normalized spacial score (nSPS) is 20.2. The third-order valence-corrected chi connectivity index (χ3v) is 5.87. The van der Waals surface area contributed by atoms with Gasteiger partial charge in [-0.3, -0.25) is 14.9 Å². The quantitative estimate of drug-likeness (QED) is 0.642. The van der Waals surface area contributed by atoms with Crippen molar-refractivity contribution in [3.05, 3.63) is 28.2 Å². The van der Waals surface area contributed by atoms with Crippen molar-refractivity contribution in [2.24, 2.45) is 0 Å². The third kappa shape index (κ3) is 5.72. The second-order valence-corrected chi connectivity index (χ2v) is 9.43. The summed E-state index contributed by atoms with van der Waals surface area (Å²) in [4.78, 5) is 39.7. The first-order chi connectivity index (χ1) is 14.1. The lowest BCUT2D eigenvalue weighted by Gasteiger charge is -2.37. The van der Waals surface area contributed by atoms with Crippen molar-refractivity contribution >= 4 is 39.5 Å². The fraction of sp³-hybridized carbons (Fsp3) is 0.571. The molecule has 0 aliphatic carbocycles. The SMILES string of the molecule is CC(C)(C)OC(=O)N1CCN(c2cccc(Br)c2CNC2CCC(=O)NC2=O)CC1. The monoisotopic (exact) mass is 480 g/mol. The lowest BCUT2D eigenvalue weighted by molar-refractivity contribution is -0.134. The van der Waals surface area contributed by atoms with Gasteiger partial charge in [0.15, 0.2) is 0 Å². The van der Waals surface area contributed by atoms with E-state index in [1.54, 1.807) is 4.90 Å². The van der Waals surface area contributed by atoms with Gasteiger partial charge in [0.1, 0.15) is 5.60 Å². The van der Waals surface area contributed by atoms with Crippen molar-refractivity contribution in [1.29, 1.82) is 0 Å². The maximum atomic E-state index is 12.3. The van der Waals surface area contributed by atoms with E-state index in [1.165, 1.54) is 0 Å². The van der Waals surface area contributed by atoms with Crippen LogP contribution < -0.4 is 15.5 Å². The van der Waals surface area contributed by atoms with Gasteiger partial charge >= 0.3 is 6.09 Å². The number of anilines is 1. The standard InChI is InChI=1S/C21H29BrN4O4/c1-21(2,3)30-20(29)26-11-9-25(10-12-26)17-6-4-5-15(22)14(17)13-23-16-7-8-18(27)24-19(16)28/h4-6,16,23H,7-13H2,1-3H3,(H,24,27,28). The van der Waals surface area contributed by atoms with Crippen LogP contribution in [0.25, 0.3) is 0 Å². The molecule has 1 aromatic carbocycles. The Morgan fingerprint density at radius 1 is 1.23 bits per heavy atom. The Bertz CT molecular complexity index is 816. The summed E-state index contributed by atoms with van der Waals surface area (Å²) in [5.41, 5.74) is 1.61. The summed E-state index contributed by atoms with van der Waals surface area (Å²) in [5, 5.41) is 5.65. The number of nitrogens with one attached hydrogen (secondary N) is 2. The number of amides is 3. The van der Waals surface area contributed by atoms with E-state index in [4.69, 9.17) is 4.74 Å². The van der Waals surface area contributed by atoms with E-state index in [2.05, 4.69) is 37.5 Å². The fourth-order valence-corrected chi connectivity index (χ4v) is 4.08. The molecule has 0 aromatic heterocycles. The molecule has 2 aliphatic rings. The minimum Gasteiger partial charge on any atom is -0.444 e. The van der Waals surface area contributed by atoms with E-state index in [9.17, 15) is 14.4 Å². The summed E-state index contributed by atoms with van der Waals surface area (Å²) < 4.78 is 6.43. The van der Waals surface area contributed by atoms with Crippen LogP contribution in [0.15, 0.2) is 22.7 Å². The summed E-state index contributed by atoms with van der Waals surface area (Å²) in [6.07, 6.45) is 0.564. The highest BCUT2D eigenvalue weighted by molar-refractivity contribution is 9.10. The summed E-state index contributed by atoms with van der Waals surface area (Å²) in [7, 11) is 0. The van der Waals surface area contributed by atoms with E-state index in [-0.39, 0.29) is 23.9 Å². The van der Waals surface area contributed by atoms with Crippen molar-refractivity contribution in [1.82, 2.24) is 15.5 Å². The molecule has 1 aromatic rings. The molecule has 1 unspecified atom stereocenters. The van der Waals surface area contributed by atoms with Gasteiger partial charge in [-0.2, -0.15) is 0 Å². The van der Waals surface area contributed by atoms with Gasteiger partial charge in [-0.05, 0) is 39.3 Å². The molecule has 2 heterocycles. The van der Waals surface area contributed by atoms with Gasteiger partial charge in [-0.1, -0.05) is 22.0 Å². The number of piperazine rings is 1. The minimum atomic E-state index is -0.507. The van der Waals surface area contributed by atoms with E-state index in [1.807, 2.05) is 32.9 Å². The molecule has 0 radical (unpaired) electrons. The molecule has 164 valence electrons. The molecule has 2 saturated heterocycles. The molecule has 3 rings (SSSR count). The number of halogens is 1.